The number of halogens is 2. The van der Waals surface area contributed by atoms with Crippen LogP contribution >= 0.6 is 11.6 Å². The maximum Gasteiger partial charge on any atom is 0.253 e. The van der Waals surface area contributed by atoms with E-state index < -0.39 is 15.6 Å². The van der Waals surface area contributed by atoms with Crippen molar-refractivity contribution in [2.45, 2.75) is 37.8 Å². The van der Waals surface area contributed by atoms with Crippen LogP contribution in [0, 0.1) is 5.82 Å². The van der Waals surface area contributed by atoms with E-state index in [1.807, 2.05) is 0 Å². The predicted molar refractivity (Wildman–Crippen MR) is 104 cm³/mol. The van der Waals surface area contributed by atoms with Crippen molar-refractivity contribution in [1.29, 1.82) is 0 Å². The Morgan fingerprint density at radius 3 is 2.30 bits per heavy atom. The van der Waals surface area contributed by atoms with Crippen LogP contribution in [-0.2, 0) is 16.6 Å². The highest BCUT2D eigenvalue weighted by molar-refractivity contribution is 7.89. The first kappa shape index (κ1) is 21.3. The van der Waals surface area contributed by atoms with Gasteiger partial charge in [-0.3, -0.25) is 4.79 Å². The Hall–Kier alpha value is -1.96. The average Bonchev–Trinajstić information content (AvgIpc) is 2.54. The molecule has 0 unspecified atom stereocenters. The quantitative estimate of drug-likeness (QED) is 0.811. The number of nitrogens with zero attached hydrogens (tertiary/aromatic N) is 1. The van der Waals surface area contributed by atoms with Gasteiger partial charge in [0.05, 0.1) is 5.02 Å². The first-order chi connectivity index (χ1) is 12.4. The molecule has 0 aliphatic carbocycles. The molecule has 2 aromatic rings. The van der Waals surface area contributed by atoms with Gasteiger partial charge in [-0.05, 0) is 56.7 Å². The van der Waals surface area contributed by atoms with Crippen molar-refractivity contribution < 1.29 is 17.6 Å². The monoisotopic (exact) mass is 412 g/mol. The molecule has 8 heteroatoms. The lowest BCUT2D eigenvalue weighted by atomic mass is 10.1. The molecule has 0 saturated carbocycles. The first-order valence-corrected chi connectivity index (χ1v) is 10.1. The Balaban J connectivity index is 2.28. The number of carbonyl (C=O) groups excluding carboxylic acids is 1. The largest absolute Gasteiger partial charge is 0.337 e. The van der Waals surface area contributed by atoms with Gasteiger partial charge in [-0.1, -0.05) is 23.7 Å². The summed E-state index contributed by atoms with van der Waals surface area (Å²) in [4.78, 5) is 14.0. The van der Waals surface area contributed by atoms with Crippen molar-refractivity contribution in [2.24, 2.45) is 0 Å². The minimum absolute atomic E-state index is 0.0319. The van der Waals surface area contributed by atoms with E-state index in [-0.39, 0.29) is 33.8 Å². The summed E-state index contributed by atoms with van der Waals surface area (Å²) in [5.74, 6) is -0.727. The van der Waals surface area contributed by atoms with Crippen LogP contribution in [0.2, 0.25) is 5.02 Å². The molecule has 0 aliphatic rings. The van der Waals surface area contributed by atoms with Gasteiger partial charge in [-0.2, -0.15) is 0 Å². The van der Waals surface area contributed by atoms with E-state index in [0.29, 0.717) is 0 Å². The van der Waals surface area contributed by atoms with Crippen molar-refractivity contribution in [2.75, 3.05) is 7.05 Å². The number of hydrogen-bond donors (Lipinski definition) is 1. The molecule has 0 aromatic heterocycles. The average molecular weight is 413 g/mol. The molecule has 0 radical (unpaired) electrons. The molecule has 5 nitrogen and oxygen atoms in total. The highest BCUT2D eigenvalue weighted by Crippen LogP contribution is 2.24. The molecule has 0 heterocycles. The fourth-order valence-corrected chi connectivity index (χ4v) is 4.40. The number of rotatable bonds is 5. The van der Waals surface area contributed by atoms with Crippen LogP contribution < -0.4 is 4.72 Å². The van der Waals surface area contributed by atoms with Gasteiger partial charge in [0.25, 0.3) is 5.91 Å². The third kappa shape index (κ3) is 5.76. The zero-order chi connectivity index (χ0) is 20.4. The zero-order valence-electron chi connectivity index (χ0n) is 15.6. The second kappa shape index (κ2) is 7.96. The normalized spacial score (nSPS) is 12.1. The standard InChI is InChI=1S/C19H22ClFN2O3S/c1-19(2,3)22-27(25,26)17-11-14(7-10-16(17)20)18(24)23(4)12-13-5-8-15(21)9-6-13/h5-11,22H,12H2,1-4H3. The number of hydrogen-bond acceptors (Lipinski definition) is 3. The topological polar surface area (TPSA) is 66.5 Å². The van der Waals surface area contributed by atoms with Gasteiger partial charge in [0.2, 0.25) is 10.0 Å². The Morgan fingerprint density at radius 1 is 1.15 bits per heavy atom. The van der Waals surface area contributed by atoms with Gasteiger partial charge in [0.15, 0.2) is 0 Å². The lowest BCUT2D eigenvalue weighted by Crippen LogP contribution is -2.40. The lowest BCUT2D eigenvalue weighted by Gasteiger charge is -2.22. The van der Waals surface area contributed by atoms with Crippen LogP contribution in [0.15, 0.2) is 47.4 Å². The summed E-state index contributed by atoms with van der Waals surface area (Å²) >= 11 is 6.06. The summed E-state index contributed by atoms with van der Waals surface area (Å²) < 4.78 is 40.7. The third-order valence-electron chi connectivity index (χ3n) is 3.59. The summed E-state index contributed by atoms with van der Waals surface area (Å²) in [7, 11) is -2.30. The summed E-state index contributed by atoms with van der Waals surface area (Å²) in [6.07, 6.45) is 0. The molecule has 2 aromatic carbocycles. The molecule has 0 bridgehead atoms. The summed E-state index contributed by atoms with van der Waals surface area (Å²) in [6.45, 7) is 5.39. The first-order valence-electron chi connectivity index (χ1n) is 8.22. The van der Waals surface area contributed by atoms with E-state index in [4.69, 9.17) is 11.6 Å². The number of carbonyl (C=O) groups is 1. The molecule has 0 saturated heterocycles. The highest BCUT2D eigenvalue weighted by atomic mass is 35.5. The minimum atomic E-state index is -3.89. The molecule has 0 spiro atoms. The second-order valence-electron chi connectivity index (χ2n) is 7.29. The summed E-state index contributed by atoms with van der Waals surface area (Å²) in [5.41, 5.74) is 0.253. The second-order valence-corrected chi connectivity index (χ2v) is 9.35. The number of amides is 1. The van der Waals surface area contributed by atoms with Crippen LogP contribution in [0.1, 0.15) is 36.7 Å². The number of sulfonamides is 1. The molecule has 27 heavy (non-hydrogen) atoms. The van der Waals surface area contributed by atoms with E-state index in [9.17, 15) is 17.6 Å². The molecule has 2 rings (SSSR count). The van der Waals surface area contributed by atoms with Crippen LogP contribution in [0.5, 0.6) is 0 Å². The summed E-state index contributed by atoms with van der Waals surface area (Å²) in [6, 6.07) is 9.94. The van der Waals surface area contributed by atoms with Crippen LogP contribution in [0.3, 0.4) is 0 Å². The van der Waals surface area contributed by atoms with Gasteiger partial charge in [0, 0.05) is 24.7 Å². The maximum atomic E-state index is 13.0. The van der Waals surface area contributed by atoms with Gasteiger partial charge < -0.3 is 4.90 Å². The fraction of sp³-hybridized carbons (Fsp3) is 0.316. The molecular weight excluding hydrogens is 391 g/mol. The van der Waals surface area contributed by atoms with E-state index in [2.05, 4.69) is 4.72 Å². The van der Waals surface area contributed by atoms with Crippen molar-refractivity contribution in [3.63, 3.8) is 0 Å². The molecule has 0 atom stereocenters. The third-order valence-corrected chi connectivity index (χ3v) is 5.83. The van der Waals surface area contributed by atoms with Crippen LogP contribution in [0.25, 0.3) is 0 Å². The highest BCUT2D eigenvalue weighted by Gasteiger charge is 2.26. The molecule has 0 aliphatic heterocycles. The van der Waals surface area contributed by atoms with E-state index in [0.717, 1.165) is 5.56 Å². The molecule has 1 amide bonds. The van der Waals surface area contributed by atoms with Crippen molar-refractivity contribution in [3.8, 4) is 0 Å². The van der Waals surface area contributed by atoms with Crippen LogP contribution in [0.4, 0.5) is 4.39 Å². The molecular formula is C19H22ClFN2O3S. The maximum absolute atomic E-state index is 13.0. The van der Waals surface area contributed by atoms with E-state index >= 15 is 0 Å². The molecule has 1 N–H and O–H groups in total. The Bertz CT molecular complexity index is 938. The van der Waals surface area contributed by atoms with E-state index in [1.54, 1.807) is 40.0 Å². The zero-order valence-corrected chi connectivity index (χ0v) is 17.2. The summed E-state index contributed by atoms with van der Waals surface area (Å²) in [5, 5.41) is 0.0319. The minimum Gasteiger partial charge on any atom is -0.337 e. The van der Waals surface area contributed by atoms with Crippen molar-refractivity contribution in [3.05, 3.63) is 64.4 Å². The van der Waals surface area contributed by atoms with E-state index in [1.165, 1.54) is 35.2 Å². The Labute approximate surface area is 164 Å². The SMILES string of the molecule is CN(Cc1ccc(F)cc1)C(=O)c1ccc(Cl)c(S(=O)(=O)NC(C)(C)C)c1. The van der Waals surface area contributed by atoms with Gasteiger partial charge >= 0.3 is 0 Å². The van der Waals surface area contributed by atoms with Gasteiger partial charge in [-0.15, -0.1) is 0 Å². The Morgan fingerprint density at radius 2 is 1.74 bits per heavy atom. The van der Waals surface area contributed by atoms with Crippen molar-refractivity contribution >= 4 is 27.5 Å². The fourth-order valence-electron chi connectivity index (χ4n) is 2.46. The van der Waals surface area contributed by atoms with Gasteiger partial charge in [0.1, 0.15) is 10.7 Å². The van der Waals surface area contributed by atoms with Crippen molar-refractivity contribution in [1.82, 2.24) is 9.62 Å². The predicted octanol–water partition coefficient (Wildman–Crippen LogP) is 3.83. The number of benzene rings is 2. The molecule has 0 fully saturated rings. The smallest absolute Gasteiger partial charge is 0.253 e. The number of nitrogens with one attached hydrogen (secondary N) is 1. The van der Waals surface area contributed by atoms with Gasteiger partial charge in [-0.25, -0.2) is 17.5 Å². The molecule has 146 valence electrons. The Kier molecular flexibility index (Phi) is 6.29. The van der Waals surface area contributed by atoms with Crippen LogP contribution in [-0.4, -0.2) is 31.8 Å². The lowest BCUT2D eigenvalue weighted by molar-refractivity contribution is 0.0785.